The molecule has 2 aliphatic carbocycles. The van der Waals surface area contributed by atoms with Gasteiger partial charge < -0.3 is 0 Å². The van der Waals surface area contributed by atoms with Crippen LogP contribution in [-0.4, -0.2) is 0 Å². The van der Waals surface area contributed by atoms with Crippen molar-refractivity contribution in [1.29, 1.82) is 0 Å². The smallest absolute Gasteiger partial charge is 0.0152 e. The summed E-state index contributed by atoms with van der Waals surface area (Å²) < 4.78 is 0. The van der Waals surface area contributed by atoms with Crippen LogP contribution < -0.4 is 0 Å². The van der Waals surface area contributed by atoms with E-state index in [1.54, 1.807) is 0 Å². The predicted octanol–water partition coefficient (Wildman–Crippen LogP) is 3.00. The van der Waals surface area contributed by atoms with Crippen LogP contribution in [0.4, 0.5) is 0 Å². The highest BCUT2D eigenvalue weighted by Gasteiger charge is 2.49. The molecular weight excluding hydrogens is 120 g/mol. The maximum Gasteiger partial charge on any atom is -0.0152 e. The van der Waals surface area contributed by atoms with E-state index in [4.69, 9.17) is 0 Å². The van der Waals surface area contributed by atoms with E-state index in [1.807, 2.05) is 0 Å². The van der Waals surface area contributed by atoms with Gasteiger partial charge in [-0.2, -0.15) is 0 Å². The zero-order valence-corrected chi connectivity index (χ0v) is 6.98. The molecule has 0 saturated heterocycles. The van der Waals surface area contributed by atoms with Crippen molar-refractivity contribution in [3.05, 3.63) is 12.2 Å². The molecule has 2 atom stereocenters. The monoisotopic (exact) mass is 136 g/mol. The lowest BCUT2D eigenvalue weighted by molar-refractivity contribution is 0.267. The molecule has 2 aliphatic rings. The highest BCUT2D eigenvalue weighted by molar-refractivity contribution is 5.19. The third-order valence-corrected chi connectivity index (χ3v) is 3.76. The van der Waals surface area contributed by atoms with Gasteiger partial charge in [0.05, 0.1) is 0 Å². The van der Waals surface area contributed by atoms with Crippen LogP contribution >= 0.6 is 0 Å². The minimum atomic E-state index is 0.594. The fraction of sp³-hybridized carbons (Fsp3) is 0.800. The molecule has 10 heavy (non-hydrogen) atoms. The average Bonchev–Trinajstić information content (AvgIpc) is 2.20. The molecule has 2 bridgehead atoms. The maximum atomic E-state index is 4.13. The maximum absolute atomic E-state index is 4.13. The number of fused-ring (bicyclic) bond motifs is 2. The van der Waals surface area contributed by atoms with Gasteiger partial charge in [-0.1, -0.05) is 26.0 Å². The summed E-state index contributed by atoms with van der Waals surface area (Å²) in [6, 6.07) is 0. The fourth-order valence-corrected chi connectivity index (χ4v) is 2.95. The Bertz CT molecular complexity index is 176. The first-order chi connectivity index (χ1) is 4.62. The molecule has 2 saturated carbocycles. The number of hydrogen-bond donors (Lipinski definition) is 0. The molecule has 0 radical (unpaired) electrons. The van der Waals surface area contributed by atoms with Crippen LogP contribution in [0.3, 0.4) is 0 Å². The van der Waals surface area contributed by atoms with Crippen LogP contribution in [0.15, 0.2) is 12.2 Å². The molecule has 0 heterocycles. The Morgan fingerprint density at radius 1 is 1.40 bits per heavy atom. The first-order valence-corrected chi connectivity index (χ1v) is 4.30. The van der Waals surface area contributed by atoms with Crippen molar-refractivity contribution in [2.24, 2.45) is 17.3 Å². The van der Waals surface area contributed by atoms with E-state index < -0.39 is 0 Å². The van der Waals surface area contributed by atoms with Gasteiger partial charge in [0.1, 0.15) is 0 Å². The zero-order valence-electron chi connectivity index (χ0n) is 6.98. The summed E-state index contributed by atoms with van der Waals surface area (Å²) in [5, 5.41) is 0. The van der Waals surface area contributed by atoms with Crippen LogP contribution in [0.1, 0.15) is 33.1 Å². The summed E-state index contributed by atoms with van der Waals surface area (Å²) in [4.78, 5) is 0. The Hall–Kier alpha value is -0.260. The molecule has 2 fully saturated rings. The molecule has 0 spiro atoms. The fourth-order valence-electron chi connectivity index (χ4n) is 2.95. The summed E-state index contributed by atoms with van der Waals surface area (Å²) in [5.74, 6) is 1.82. The van der Waals surface area contributed by atoms with Crippen LogP contribution in [0.5, 0.6) is 0 Å². The van der Waals surface area contributed by atoms with Crippen molar-refractivity contribution in [2.75, 3.05) is 0 Å². The molecule has 0 N–H and O–H groups in total. The lowest BCUT2D eigenvalue weighted by atomic mass is 9.82. The Labute approximate surface area is 63.3 Å². The van der Waals surface area contributed by atoms with Gasteiger partial charge in [0.25, 0.3) is 0 Å². The SMILES string of the molecule is C=C1C[C@@H]2CC[C@@H]1C2(C)C. The summed E-state index contributed by atoms with van der Waals surface area (Å²) in [5.41, 5.74) is 2.12. The van der Waals surface area contributed by atoms with Gasteiger partial charge in [-0.05, 0) is 36.5 Å². The Kier molecular flexibility index (Phi) is 1.07. The minimum absolute atomic E-state index is 0.594. The van der Waals surface area contributed by atoms with Crippen molar-refractivity contribution in [1.82, 2.24) is 0 Å². The lowest BCUT2D eigenvalue weighted by Crippen LogP contribution is -2.16. The zero-order chi connectivity index (χ0) is 7.35. The third kappa shape index (κ3) is 0.574. The molecule has 0 aliphatic heterocycles. The van der Waals surface area contributed by atoms with E-state index in [2.05, 4.69) is 20.4 Å². The summed E-state index contributed by atoms with van der Waals surface area (Å²) in [7, 11) is 0. The predicted molar refractivity (Wildman–Crippen MR) is 43.8 cm³/mol. The topological polar surface area (TPSA) is 0 Å². The van der Waals surface area contributed by atoms with Crippen LogP contribution in [0, 0.1) is 17.3 Å². The first-order valence-electron chi connectivity index (χ1n) is 4.30. The molecule has 0 heteroatoms. The number of allylic oxidation sites excluding steroid dienone is 1. The van der Waals surface area contributed by atoms with Crippen molar-refractivity contribution in [2.45, 2.75) is 33.1 Å². The molecule has 0 aromatic rings. The van der Waals surface area contributed by atoms with Crippen molar-refractivity contribution in [3.63, 3.8) is 0 Å². The van der Waals surface area contributed by atoms with E-state index in [-0.39, 0.29) is 0 Å². The highest BCUT2D eigenvalue weighted by Crippen LogP contribution is 2.59. The van der Waals surface area contributed by atoms with E-state index in [9.17, 15) is 0 Å². The lowest BCUT2D eigenvalue weighted by Gasteiger charge is -2.23. The van der Waals surface area contributed by atoms with Gasteiger partial charge in [-0.15, -0.1) is 0 Å². The van der Waals surface area contributed by atoms with Gasteiger partial charge in [-0.25, -0.2) is 0 Å². The Morgan fingerprint density at radius 2 is 2.10 bits per heavy atom. The minimum Gasteiger partial charge on any atom is -0.0995 e. The van der Waals surface area contributed by atoms with Gasteiger partial charge in [0.15, 0.2) is 0 Å². The van der Waals surface area contributed by atoms with Gasteiger partial charge in [-0.3, -0.25) is 0 Å². The first kappa shape index (κ1) is 6.45. The van der Waals surface area contributed by atoms with Crippen LogP contribution in [0.2, 0.25) is 0 Å². The molecule has 56 valence electrons. The van der Waals surface area contributed by atoms with Gasteiger partial charge in [0, 0.05) is 0 Å². The van der Waals surface area contributed by atoms with Crippen LogP contribution in [0.25, 0.3) is 0 Å². The second-order valence-corrected chi connectivity index (χ2v) is 4.51. The standard InChI is InChI=1S/C10H16/c1-7-6-8-4-5-9(7)10(8,2)3/h8-9H,1,4-6H2,2-3H3/t8-,9-/m0/s1. The van der Waals surface area contributed by atoms with E-state index >= 15 is 0 Å². The van der Waals surface area contributed by atoms with E-state index in [0.29, 0.717) is 5.41 Å². The average molecular weight is 136 g/mol. The van der Waals surface area contributed by atoms with Crippen molar-refractivity contribution < 1.29 is 0 Å². The van der Waals surface area contributed by atoms with Crippen LogP contribution in [-0.2, 0) is 0 Å². The van der Waals surface area contributed by atoms with Crippen molar-refractivity contribution in [3.8, 4) is 0 Å². The quantitative estimate of drug-likeness (QED) is 0.449. The molecule has 0 unspecified atom stereocenters. The van der Waals surface area contributed by atoms with E-state index in [0.717, 1.165) is 11.8 Å². The second-order valence-electron chi connectivity index (χ2n) is 4.51. The van der Waals surface area contributed by atoms with Gasteiger partial charge >= 0.3 is 0 Å². The van der Waals surface area contributed by atoms with Crippen molar-refractivity contribution >= 4 is 0 Å². The normalized spacial score (nSPS) is 42.8. The second kappa shape index (κ2) is 1.66. The Morgan fingerprint density at radius 3 is 2.30 bits per heavy atom. The van der Waals surface area contributed by atoms with E-state index in [1.165, 1.54) is 24.8 Å². The van der Waals surface area contributed by atoms with Gasteiger partial charge in [0.2, 0.25) is 0 Å². The molecule has 0 aromatic carbocycles. The summed E-state index contributed by atoms with van der Waals surface area (Å²) in [6.45, 7) is 8.95. The molecule has 0 nitrogen and oxygen atoms in total. The molecular formula is C10H16. The highest BCUT2D eigenvalue weighted by atomic mass is 14.5. The molecule has 0 amide bonds. The molecule has 0 aromatic heterocycles. The molecule has 2 rings (SSSR count). The summed E-state index contributed by atoms with van der Waals surface area (Å²) >= 11 is 0. The summed E-state index contributed by atoms with van der Waals surface area (Å²) in [6.07, 6.45) is 4.19. The third-order valence-electron chi connectivity index (χ3n) is 3.76. The largest absolute Gasteiger partial charge is 0.0995 e. The number of hydrogen-bond acceptors (Lipinski definition) is 0. The number of rotatable bonds is 0. The Balaban J connectivity index is 2.35.